The molecule has 0 unspecified atom stereocenters. The van der Waals surface area contributed by atoms with Gasteiger partial charge in [-0.05, 0) is 0 Å². The van der Waals surface area contributed by atoms with E-state index in [1.807, 2.05) is 5.38 Å². The third kappa shape index (κ3) is 4.07. The average Bonchev–Trinajstić information content (AvgIpc) is 2.72. The van der Waals surface area contributed by atoms with Crippen LogP contribution in [0, 0.1) is 0 Å². The number of nitrogen functional groups attached to an aromatic ring is 2. The Labute approximate surface area is 117 Å². The fraction of sp³-hybridized carbons (Fsp3) is 0.200. The molecule has 0 atom stereocenters. The van der Waals surface area contributed by atoms with Gasteiger partial charge in [0.25, 0.3) is 0 Å². The van der Waals surface area contributed by atoms with Gasteiger partial charge in [-0.3, -0.25) is 4.79 Å². The zero-order chi connectivity index (χ0) is 13.8. The molecule has 1 amide bonds. The van der Waals surface area contributed by atoms with Crippen LogP contribution < -0.4 is 16.8 Å². The molecule has 0 radical (unpaired) electrons. The summed E-state index contributed by atoms with van der Waals surface area (Å²) in [5, 5.41) is 5.58. The van der Waals surface area contributed by atoms with Crippen LogP contribution in [0.3, 0.4) is 0 Å². The number of anilines is 3. The van der Waals surface area contributed by atoms with E-state index in [1.54, 1.807) is 0 Å². The Balaban J connectivity index is 1.98. The lowest BCUT2D eigenvalue weighted by molar-refractivity contribution is -0.114. The van der Waals surface area contributed by atoms with Gasteiger partial charge in [0, 0.05) is 24.1 Å². The van der Waals surface area contributed by atoms with Crippen LogP contribution in [-0.2, 0) is 10.5 Å². The van der Waals surface area contributed by atoms with Crippen molar-refractivity contribution in [1.29, 1.82) is 0 Å². The number of hydrogen-bond acceptors (Lipinski definition) is 8. The van der Waals surface area contributed by atoms with E-state index in [4.69, 9.17) is 11.5 Å². The maximum Gasteiger partial charge on any atom is 0.223 e. The van der Waals surface area contributed by atoms with Crippen molar-refractivity contribution < 1.29 is 4.79 Å². The molecule has 9 heteroatoms. The van der Waals surface area contributed by atoms with Crippen LogP contribution in [0.15, 0.2) is 16.6 Å². The Kier molecular flexibility index (Phi) is 4.17. The van der Waals surface area contributed by atoms with E-state index >= 15 is 0 Å². The highest BCUT2D eigenvalue weighted by molar-refractivity contribution is 7.98. The molecule has 0 saturated heterocycles. The summed E-state index contributed by atoms with van der Waals surface area (Å²) in [4.78, 5) is 23.3. The van der Waals surface area contributed by atoms with Crippen LogP contribution in [0.5, 0.6) is 0 Å². The van der Waals surface area contributed by atoms with Crippen molar-refractivity contribution in [3.63, 3.8) is 0 Å². The number of carbonyl (C=O) groups excluding carboxylic acids is 1. The summed E-state index contributed by atoms with van der Waals surface area (Å²) < 4.78 is 0. The van der Waals surface area contributed by atoms with Gasteiger partial charge in [0.05, 0.1) is 5.69 Å². The fourth-order valence-corrected chi connectivity index (χ4v) is 2.87. The van der Waals surface area contributed by atoms with Crippen molar-refractivity contribution in [3.05, 3.63) is 17.1 Å². The number of rotatable bonds is 4. The first kappa shape index (κ1) is 13.6. The second-order valence-corrected chi connectivity index (χ2v) is 5.41. The third-order valence-corrected chi connectivity index (χ3v) is 3.62. The zero-order valence-electron chi connectivity index (χ0n) is 10.1. The van der Waals surface area contributed by atoms with E-state index in [9.17, 15) is 4.79 Å². The molecule has 2 aromatic rings. The molecule has 2 heterocycles. The summed E-state index contributed by atoms with van der Waals surface area (Å²) in [7, 11) is 0. The molecule has 0 bridgehead atoms. The fourth-order valence-electron chi connectivity index (χ4n) is 1.25. The molecule has 100 valence electrons. The molecule has 0 fully saturated rings. The van der Waals surface area contributed by atoms with E-state index in [1.165, 1.54) is 36.1 Å². The molecule has 0 aliphatic rings. The second kappa shape index (κ2) is 5.85. The van der Waals surface area contributed by atoms with Gasteiger partial charge < -0.3 is 16.8 Å². The molecule has 0 spiro atoms. The summed E-state index contributed by atoms with van der Waals surface area (Å²) in [5.74, 6) is 1.12. The van der Waals surface area contributed by atoms with Gasteiger partial charge in [-0.1, -0.05) is 11.8 Å². The summed E-state index contributed by atoms with van der Waals surface area (Å²) >= 11 is 2.76. The van der Waals surface area contributed by atoms with Gasteiger partial charge in [-0.15, -0.1) is 11.3 Å². The molecule has 0 saturated carbocycles. The Morgan fingerprint density at radius 3 is 2.68 bits per heavy atom. The van der Waals surface area contributed by atoms with Crippen LogP contribution in [0.2, 0.25) is 0 Å². The maximum atomic E-state index is 10.9. The quantitative estimate of drug-likeness (QED) is 0.575. The van der Waals surface area contributed by atoms with Crippen molar-refractivity contribution in [1.82, 2.24) is 15.0 Å². The van der Waals surface area contributed by atoms with Crippen molar-refractivity contribution >= 4 is 45.8 Å². The van der Waals surface area contributed by atoms with Gasteiger partial charge in [0.15, 0.2) is 10.3 Å². The minimum atomic E-state index is -0.138. The number of nitrogens with one attached hydrogen (secondary N) is 1. The predicted octanol–water partition coefficient (Wildman–Crippen LogP) is 1.35. The molecule has 0 aromatic carbocycles. The lowest BCUT2D eigenvalue weighted by atomic mass is 10.5. The Bertz CT molecular complexity index is 579. The van der Waals surface area contributed by atoms with E-state index < -0.39 is 0 Å². The first-order valence-electron chi connectivity index (χ1n) is 5.28. The first-order chi connectivity index (χ1) is 9.02. The lowest BCUT2D eigenvalue weighted by Gasteiger charge is -2.01. The normalized spacial score (nSPS) is 10.4. The summed E-state index contributed by atoms with van der Waals surface area (Å²) in [6.07, 6.45) is 0. The van der Waals surface area contributed by atoms with Crippen LogP contribution >= 0.6 is 23.1 Å². The summed E-state index contributed by atoms with van der Waals surface area (Å²) in [6.45, 7) is 1.44. The van der Waals surface area contributed by atoms with Crippen LogP contribution in [0.25, 0.3) is 0 Å². The number of hydrogen-bond donors (Lipinski definition) is 3. The van der Waals surface area contributed by atoms with E-state index in [0.717, 1.165) is 5.69 Å². The summed E-state index contributed by atoms with van der Waals surface area (Å²) in [5.41, 5.74) is 12.0. The van der Waals surface area contributed by atoms with E-state index in [0.29, 0.717) is 27.7 Å². The molecule has 19 heavy (non-hydrogen) atoms. The molecule has 0 aliphatic heterocycles. The van der Waals surface area contributed by atoms with Crippen molar-refractivity contribution in [2.45, 2.75) is 17.8 Å². The van der Waals surface area contributed by atoms with Gasteiger partial charge in [-0.25, -0.2) is 15.0 Å². The highest BCUT2D eigenvalue weighted by Gasteiger charge is 2.06. The minimum Gasteiger partial charge on any atom is -0.383 e. The molecule has 2 aromatic heterocycles. The van der Waals surface area contributed by atoms with Gasteiger partial charge in [-0.2, -0.15) is 0 Å². The van der Waals surface area contributed by atoms with Crippen LogP contribution in [0.4, 0.5) is 16.8 Å². The SMILES string of the molecule is CC(=O)Nc1nc(CSc2nc(N)cc(N)n2)cs1. The van der Waals surface area contributed by atoms with Crippen molar-refractivity contribution in [2.75, 3.05) is 16.8 Å². The lowest BCUT2D eigenvalue weighted by Crippen LogP contribution is -2.05. The zero-order valence-corrected chi connectivity index (χ0v) is 11.7. The van der Waals surface area contributed by atoms with Crippen LogP contribution in [-0.4, -0.2) is 20.9 Å². The van der Waals surface area contributed by atoms with Crippen LogP contribution in [0.1, 0.15) is 12.6 Å². The highest BCUT2D eigenvalue weighted by atomic mass is 32.2. The van der Waals surface area contributed by atoms with Gasteiger partial charge >= 0.3 is 0 Å². The summed E-state index contributed by atoms with van der Waals surface area (Å²) in [6, 6.07) is 1.50. The molecular weight excluding hydrogens is 284 g/mol. The standard InChI is InChI=1S/C10H12N6OS2/c1-5(17)13-9-14-6(3-18-9)4-19-10-15-7(11)2-8(12)16-10/h2-3H,4H2,1H3,(H,13,14,17)(H4,11,12,15,16). The number of carbonyl (C=O) groups is 1. The number of nitrogens with zero attached hydrogens (tertiary/aromatic N) is 3. The molecule has 0 aliphatic carbocycles. The maximum absolute atomic E-state index is 10.9. The molecule has 5 N–H and O–H groups in total. The largest absolute Gasteiger partial charge is 0.383 e. The van der Waals surface area contributed by atoms with Gasteiger partial charge in [0.2, 0.25) is 5.91 Å². The molecular formula is C10H12N6OS2. The molecule has 2 rings (SSSR count). The average molecular weight is 296 g/mol. The smallest absolute Gasteiger partial charge is 0.223 e. The van der Waals surface area contributed by atoms with Crippen molar-refractivity contribution in [3.8, 4) is 0 Å². The number of amides is 1. The third-order valence-electron chi connectivity index (χ3n) is 1.93. The number of thiazole rings is 1. The van der Waals surface area contributed by atoms with E-state index in [2.05, 4.69) is 20.3 Å². The second-order valence-electron chi connectivity index (χ2n) is 3.61. The van der Waals surface area contributed by atoms with E-state index in [-0.39, 0.29) is 5.91 Å². The van der Waals surface area contributed by atoms with Crippen molar-refractivity contribution in [2.24, 2.45) is 0 Å². The van der Waals surface area contributed by atoms with Gasteiger partial charge in [0.1, 0.15) is 11.6 Å². The Morgan fingerprint density at radius 1 is 1.37 bits per heavy atom. The Morgan fingerprint density at radius 2 is 2.05 bits per heavy atom. The highest BCUT2D eigenvalue weighted by Crippen LogP contribution is 2.23. The number of thioether (sulfide) groups is 1. The first-order valence-corrected chi connectivity index (χ1v) is 7.14. The predicted molar refractivity (Wildman–Crippen MR) is 76.8 cm³/mol. The topological polar surface area (TPSA) is 120 Å². The number of nitrogens with two attached hydrogens (primary N) is 2. The number of aromatic nitrogens is 3. The minimum absolute atomic E-state index is 0.138. The monoisotopic (exact) mass is 296 g/mol. The Hall–Kier alpha value is -1.87. The molecule has 7 nitrogen and oxygen atoms in total.